The van der Waals surface area contributed by atoms with Crippen molar-refractivity contribution in [3.8, 4) is 11.1 Å². The Balaban J connectivity index is 2.47. The molecule has 0 bridgehead atoms. The van der Waals surface area contributed by atoms with Crippen molar-refractivity contribution in [2.75, 3.05) is 5.73 Å². The van der Waals surface area contributed by atoms with Gasteiger partial charge in [-0.3, -0.25) is 0 Å². The molecule has 0 aliphatic carbocycles. The summed E-state index contributed by atoms with van der Waals surface area (Å²) in [6.07, 6.45) is 0.855. The molecular formula is C14H18N2O. The first-order valence-corrected chi connectivity index (χ1v) is 5.89. The number of benzene rings is 1. The maximum Gasteiger partial charge on any atom is 0.175 e. The summed E-state index contributed by atoms with van der Waals surface area (Å²) in [7, 11) is 0. The zero-order chi connectivity index (χ0) is 12.4. The predicted octanol–water partition coefficient (Wildman–Crippen LogP) is 3.43. The molecule has 0 unspecified atom stereocenters. The second-order valence-corrected chi connectivity index (χ2v) is 4.83. The van der Waals surface area contributed by atoms with Crippen LogP contribution in [-0.2, 0) is 6.42 Å². The minimum Gasteiger partial charge on any atom is -0.380 e. The lowest BCUT2D eigenvalue weighted by Gasteiger charge is -2.05. The third-order valence-corrected chi connectivity index (χ3v) is 2.69. The summed E-state index contributed by atoms with van der Waals surface area (Å²) in [6, 6.07) is 8.23. The Hall–Kier alpha value is -1.77. The van der Waals surface area contributed by atoms with E-state index < -0.39 is 0 Å². The van der Waals surface area contributed by atoms with Crippen molar-refractivity contribution in [1.29, 1.82) is 0 Å². The summed E-state index contributed by atoms with van der Waals surface area (Å²) in [6.45, 7) is 6.37. The summed E-state index contributed by atoms with van der Waals surface area (Å²) >= 11 is 0. The van der Waals surface area contributed by atoms with Gasteiger partial charge in [-0.25, -0.2) is 0 Å². The minimum atomic E-state index is 0.478. The highest BCUT2D eigenvalue weighted by Crippen LogP contribution is 2.31. The van der Waals surface area contributed by atoms with Crippen LogP contribution in [-0.4, -0.2) is 5.16 Å². The standard InChI is InChI=1S/C14H18N2O/c1-9(2)7-12-13(14(15)16-17-12)11-6-4-5-10(3)8-11/h4-6,8-9H,7H2,1-3H3,(H2,15,16). The molecule has 0 saturated carbocycles. The Morgan fingerprint density at radius 2 is 2.12 bits per heavy atom. The molecule has 3 heteroatoms. The summed E-state index contributed by atoms with van der Waals surface area (Å²) < 4.78 is 5.33. The van der Waals surface area contributed by atoms with Gasteiger partial charge in [-0.2, -0.15) is 0 Å². The van der Waals surface area contributed by atoms with Crippen LogP contribution < -0.4 is 5.73 Å². The molecule has 0 saturated heterocycles. The van der Waals surface area contributed by atoms with Crippen LogP contribution in [0.5, 0.6) is 0 Å². The summed E-state index contributed by atoms with van der Waals surface area (Å²) in [5, 5.41) is 3.88. The van der Waals surface area contributed by atoms with Gasteiger partial charge in [0.2, 0.25) is 0 Å². The number of anilines is 1. The largest absolute Gasteiger partial charge is 0.380 e. The van der Waals surface area contributed by atoms with Crippen molar-refractivity contribution in [2.24, 2.45) is 5.92 Å². The van der Waals surface area contributed by atoms with Gasteiger partial charge in [-0.05, 0) is 18.4 Å². The first-order chi connectivity index (χ1) is 8.08. The molecular weight excluding hydrogens is 212 g/mol. The molecule has 0 fully saturated rings. The molecule has 3 nitrogen and oxygen atoms in total. The fourth-order valence-electron chi connectivity index (χ4n) is 1.96. The van der Waals surface area contributed by atoms with Crippen LogP contribution in [0.25, 0.3) is 11.1 Å². The lowest BCUT2D eigenvalue weighted by Crippen LogP contribution is -1.96. The van der Waals surface area contributed by atoms with Gasteiger partial charge < -0.3 is 10.3 Å². The Morgan fingerprint density at radius 1 is 1.35 bits per heavy atom. The van der Waals surface area contributed by atoms with E-state index in [1.807, 2.05) is 12.1 Å². The molecule has 0 atom stereocenters. The average Bonchev–Trinajstić information content (AvgIpc) is 2.59. The molecule has 0 radical (unpaired) electrons. The Morgan fingerprint density at radius 3 is 2.76 bits per heavy atom. The van der Waals surface area contributed by atoms with Crippen molar-refractivity contribution < 1.29 is 4.52 Å². The van der Waals surface area contributed by atoms with Gasteiger partial charge in [0, 0.05) is 6.42 Å². The summed E-state index contributed by atoms with van der Waals surface area (Å²) in [5.74, 6) is 1.88. The van der Waals surface area contributed by atoms with E-state index in [2.05, 4.69) is 38.1 Å². The van der Waals surface area contributed by atoms with Crippen molar-refractivity contribution in [3.05, 3.63) is 35.6 Å². The number of aromatic nitrogens is 1. The maximum absolute atomic E-state index is 5.89. The second-order valence-electron chi connectivity index (χ2n) is 4.83. The normalized spacial score (nSPS) is 11.1. The molecule has 0 amide bonds. The lowest BCUT2D eigenvalue weighted by atomic mass is 9.99. The smallest absolute Gasteiger partial charge is 0.175 e. The van der Waals surface area contributed by atoms with Crippen LogP contribution in [0.4, 0.5) is 5.82 Å². The Labute approximate surface area is 102 Å². The highest BCUT2D eigenvalue weighted by Gasteiger charge is 2.16. The molecule has 0 aliphatic rings. The molecule has 90 valence electrons. The van der Waals surface area contributed by atoms with E-state index in [1.165, 1.54) is 5.56 Å². The van der Waals surface area contributed by atoms with Gasteiger partial charge in [0.1, 0.15) is 5.76 Å². The van der Waals surface area contributed by atoms with Crippen LogP contribution in [0.2, 0.25) is 0 Å². The van der Waals surface area contributed by atoms with Crippen LogP contribution in [0.15, 0.2) is 28.8 Å². The number of rotatable bonds is 3. The molecule has 2 rings (SSSR count). The Kier molecular flexibility index (Phi) is 3.18. The number of nitrogen functional groups attached to an aromatic ring is 1. The van der Waals surface area contributed by atoms with Gasteiger partial charge in [-0.15, -0.1) is 0 Å². The van der Waals surface area contributed by atoms with Crippen molar-refractivity contribution >= 4 is 5.82 Å². The van der Waals surface area contributed by atoms with Crippen LogP contribution in [0.3, 0.4) is 0 Å². The van der Waals surface area contributed by atoms with E-state index >= 15 is 0 Å². The number of aryl methyl sites for hydroxylation is 1. The fraction of sp³-hybridized carbons (Fsp3) is 0.357. The van der Waals surface area contributed by atoms with Crippen molar-refractivity contribution in [2.45, 2.75) is 27.2 Å². The van der Waals surface area contributed by atoms with E-state index in [4.69, 9.17) is 10.3 Å². The van der Waals surface area contributed by atoms with E-state index in [0.717, 1.165) is 23.3 Å². The third kappa shape index (κ3) is 2.49. The van der Waals surface area contributed by atoms with Gasteiger partial charge in [0.25, 0.3) is 0 Å². The minimum absolute atomic E-state index is 0.478. The SMILES string of the molecule is Cc1cccc(-c2c(N)noc2CC(C)C)c1. The van der Waals surface area contributed by atoms with E-state index in [0.29, 0.717) is 11.7 Å². The zero-order valence-electron chi connectivity index (χ0n) is 10.5. The number of nitrogens with two attached hydrogens (primary N) is 1. The van der Waals surface area contributed by atoms with Gasteiger partial charge in [0.05, 0.1) is 5.56 Å². The topological polar surface area (TPSA) is 52.0 Å². The molecule has 1 aromatic carbocycles. The molecule has 1 heterocycles. The number of nitrogens with zero attached hydrogens (tertiary/aromatic N) is 1. The average molecular weight is 230 g/mol. The second kappa shape index (κ2) is 4.62. The fourth-order valence-corrected chi connectivity index (χ4v) is 1.96. The lowest BCUT2D eigenvalue weighted by molar-refractivity contribution is 0.372. The zero-order valence-corrected chi connectivity index (χ0v) is 10.5. The molecule has 0 spiro atoms. The van der Waals surface area contributed by atoms with Crippen LogP contribution in [0.1, 0.15) is 25.2 Å². The molecule has 2 aromatic rings. The molecule has 2 N–H and O–H groups in total. The third-order valence-electron chi connectivity index (χ3n) is 2.69. The first kappa shape index (κ1) is 11.7. The highest BCUT2D eigenvalue weighted by molar-refractivity contribution is 5.75. The quantitative estimate of drug-likeness (QED) is 0.878. The highest BCUT2D eigenvalue weighted by atomic mass is 16.5. The molecule has 0 aliphatic heterocycles. The molecule has 1 aromatic heterocycles. The number of hydrogen-bond donors (Lipinski definition) is 1. The Bertz CT molecular complexity index is 515. The van der Waals surface area contributed by atoms with Gasteiger partial charge >= 0.3 is 0 Å². The summed E-state index contributed by atoms with van der Waals surface area (Å²) in [4.78, 5) is 0. The van der Waals surface area contributed by atoms with Gasteiger partial charge in [0.15, 0.2) is 5.82 Å². The van der Waals surface area contributed by atoms with Crippen molar-refractivity contribution in [3.63, 3.8) is 0 Å². The summed E-state index contributed by atoms with van der Waals surface area (Å²) in [5.41, 5.74) is 9.13. The molecule has 17 heavy (non-hydrogen) atoms. The monoisotopic (exact) mass is 230 g/mol. The first-order valence-electron chi connectivity index (χ1n) is 5.89. The van der Waals surface area contributed by atoms with E-state index in [-0.39, 0.29) is 0 Å². The van der Waals surface area contributed by atoms with E-state index in [9.17, 15) is 0 Å². The van der Waals surface area contributed by atoms with Crippen LogP contribution in [0, 0.1) is 12.8 Å². The van der Waals surface area contributed by atoms with Gasteiger partial charge in [-0.1, -0.05) is 48.8 Å². The predicted molar refractivity (Wildman–Crippen MR) is 69.6 cm³/mol. The number of hydrogen-bond acceptors (Lipinski definition) is 3. The maximum atomic E-state index is 5.89. The van der Waals surface area contributed by atoms with Crippen molar-refractivity contribution in [1.82, 2.24) is 5.16 Å². The van der Waals surface area contributed by atoms with Crippen LogP contribution >= 0.6 is 0 Å². The van der Waals surface area contributed by atoms with E-state index in [1.54, 1.807) is 0 Å².